The molecule has 0 atom stereocenters. The lowest BCUT2D eigenvalue weighted by molar-refractivity contribution is -0.116. The molecule has 1 N–H and O–H groups in total. The first kappa shape index (κ1) is 25.8. The van der Waals surface area contributed by atoms with Crippen molar-refractivity contribution >= 4 is 40.0 Å². The third kappa shape index (κ3) is 4.86. The molecule has 1 aliphatic rings. The van der Waals surface area contributed by atoms with E-state index in [-0.39, 0.29) is 24.1 Å². The van der Waals surface area contributed by atoms with Crippen molar-refractivity contribution in [2.75, 3.05) is 17.2 Å². The number of hydrogen-bond acceptors (Lipinski definition) is 5. The summed E-state index contributed by atoms with van der Waals surface area (Å²) in [4.78, 5) is 28.3. The molecule has 1 aromatic heterocycles. The average molecular weight is 548 g/mol. The van der Waals surface area contributed by atoms with E-state index in [4.69, 9.17) is 0 Å². The molecule has 200 valence electrons. The van der Waals surface area contributed by atoms with Crippen molar-refractivity contribution in [2.24, 2.45) is 0 Å². The number of fused-ring (bicyclic) bond motifs is 2. The Bertz CT molecular complexity index is 1740. The van der Waals surface area contributed by atoms with Crippen LogP contribution in [0, 0.1) is 13.8 Å². The van der Waals surface area contributed by atoms with E-state index in [0.717, 1.165) is 39.7 Å². The minimum atomic E-state index is -0.176. The van der Waals surface area contributed by atoms with Crippen molar-refractivity contribution in [3.8, 4) is 5.69 Å². The van der Waals surface area contributed by atoms with Crippen LogP contribution in [0.2, 0.25) is 0 Å². The quantitative estimate of drug-likeness (QED) is 0.267. The second-order valence-electron chi connectivity index (χ2n) is 9.88. The molecule has 4 aromatic carbocycles. The number of nitrogens with one attached hydrogen (secondary N) is 1. The number of aromatic nitrogens is 3. The van der Waals surface area contributed by atoms with Gasteiger partial charge in [-0.25, -0.2) is 0 Å². The number of thioether (sulfide) groups is 1. The largest absolute Gasteiger partial charge is 0.345 e. The lowest BCUT2D eigenvalue weighted by Gasteiger charge is -2.18. The molecule has 0 fully saturated rings. The molecule has 2 heterocycles. The summed E-state index contributed by atoms with van der Waals surface area (Å²) in [5, 5.41) is 14.5. The van der Waals surface area contributed by atoms with E-state index in [1.54, 1.807) is 0 Å². The number of amides is 2. The van der Waals surface area contributed by atoms with Crippen LogP contribution in [-0.4, -0.2) is 38.9 Å². The van der Waals surface area contributed by atoms with E-state index in [0.29, 0.717) is 23.1 Å². The SMILES string of the molecule is Cc1cccc(-n2c(CNC(=O)c3cccc4ccccc34)nnc2SCC(=O)N2CCc3ccccc32)c1C. The Hall–Kier alpha value is -4.43. The van der Waals surface area contributed by atoms with Gasteiger partial charge in [-0.05, 0) is 65.9 Å². The Morgan fingerprint density at radius 2 is 1.62 bits per heavy atom. The van der Waals surface area contributed by atoms with Gasteiger partial charge >= 0.3 is 0 Å². The van der Waals surface area contributed by atoms with Crippen molar-refractivity contribution < 1.29 is 9.59 Å². The zero-order chi connectivity index (χ0) is 27.6. The molecule has 7 nitrogen and oxygen atoms in total. The van der Waals surface area contributed by atoms with E-state index in [2.05, 4.69) is 41.5 Å². The summed E-state index contributed by atoms with van der Waals surface area (Å²) in [5.74, 6) is 0.698. The van der Waals surface area contributed by atoms with Crippen LogP contribution >= 0.6 is 11.8 Å². The highest BCUT2D eigenvalue weighted by atomic mass is 32.2. The second-order valence-corrected chi connectivity index (χ2v) is 10.8. The molecule has 1 aliphatic heterocycles. The number of rotatable bonds is 7. The summed E-state index contributed by atoms with van der Waals surface area (Å²) in [6, 6.07) is 27.7. The van der Waals surface area contributed by atoms with Crippen molar-refractivity contribution in [3.05, 3.63) is 113 Å². The van der Waals surface area contributed by atoms with Gasteiger partial charge in [0.05, 0.1) is 18.0 Å². The van der Waals surface area contributed by atoms with E-state index < -0.39 is 0 Å². The average Bonchev–Trinajstić information content (AvgIpc) is 3.60. The van der Waals surface area contributed by atoms with Gasteiger partial charge < -0.3 is 10.2 Å². The fourth-order valence-electron chi connectivity index (χ4n) is 5.21. The van der Waals surface area contributed by atoms with Crippen LogP contribution < -0.4 is 10.2 Å². The number of para-hydroxylation sites is 1. The lowest BCUT2D eigenvalue weighted by atomic mass is 10.0. The number of aryl methyl sites for hydroxylation is 1. The summed E-state index contributed by atoms with van der Waals surface area (Å²) < 4.78 is 1.96. The molecule has 2 amide bonds. The van der Waals surface area contributed by atoms with Crippen molar-refractivity contribution in [3.63, 3.8) is 0 Å². The fourth-order valence-corrected chi connectivity index (χ4v) is 6.05. The van der Waals surface area contributed by atoms with E-state index in [1.165, 1.54) is 17.3 Å². The molecule has 0 spiro atoms. The van der Waals surface area contributed by atoms with Gasteiger partial charge in [-0.1, -0.05) is 78.5 Å². The number of nitrogens with zero attached hydrogens (tertiary/aromatic N) is 4. The van der Waals surface area contributed by atoms with Crippen LogP contribution in [0.5, 0.6) is 0 Å². The molecule has 0 unspecified atom stereocenters. The van der Waals surface area contributed by atoms with Gasteiger partial charge in [0.2, 0.25) is 5.91 Å². The topological polar surface area (TPSA) is 80.1 Å². The van der Waals surface area contributed by atoms with E-state index >= 15 is 0 Å². The Balaban J connectivity index is 1.26. The number of anilines is 1. The molecular formula is C32H29N5O2S. The van der Waals surface area contributed by atoms with Gasteiger partial charge in [0.15, 0.2) is 11.0 Å². The maximum Gasteiger partial charge on any atom is 0.252 e. The summed E-state index contributed by atoms with van der Waals surface area (Å²) in [5.41, 5.74) is 5.95. The molecule has 0 saturated heterocycles. The Labute approximate surface area is 237 Å². The first-order valence-corrected chi connectivity index (χ1v) is 14.3. The molecule has 6 rings (SSSR count). The van der Waals surface area contributed by atoms with Crippen LogP contribution in [-0.2, 0) is 17.8 Å². The number of carbonyl (C=O) groups is 2. The highest BCUT2D eigenvalue weighted by Crippen LogP contribution is 2.30. The van der Waals surface area contributed by atoms with Gasteiger partial charge in [-0.15, -0.1) is 10.2 Å². The number of benzene rings is 4. The van der Waals surface area contributed by atoms with Crippen LogP contribution in [0.15, 0.2) is 90.1 Å². The Morgan fingerprint density at radius 3 is 2.52 bits per heavy atom. The summed E-state index contributed by atoms with van der Waals surface area (Å²) in [7, 11) is 0. The van der Waals surface area contributed by atoms with E-state index in [1.807, 2.05) is 82.3 Å². The van der Waals surface area contributed by atoms with Crippen LogP contribution in [0.1, 0.15) is 32.9 Å². The molecule has 0 aliphatic carbocycles. The third-order valence-electron chi connectivity index (χ3n) is 7.47. The minimum Gasteiger partial charge on any atom is -0.345 e. The van der Waals surface area contributed by atoms with Crippen LogP contribution in [0.3, 0.4) is 0 Å². The fraction of sp³-hybridized carbons (Fsp3) is 0.188. The molecule has 8 heteroatoms. The number of carbonyl (C=O) groups excluding carboxylic acids is 2. The van der Waals surface area contributed by atoms with Crippen LogP contribution in [0.4, 0.5) is 5.69 Å². The first-order valence-electron chi connectivity index (χ1n) is 13.3. The standard InChI is InChI=1S/C32H29N5O2S/c1-21-9-7-16-27(22(21)2)37-29(19-33-31(39)26-14-8-12-23-10-3-5-13-25(23)26)34-35-32(37)40-20-30(38)36-18-17-24-11-4-6-15-28(24)36/h3-16H,17-20H2,1-2H3,(H,33,39). The minimum absolute atomic E-state index is 0.0382. The second kappa shape index (κ2) is 11.0. The van der Waals surface area contributed by atoms with Gasteiger partial charge in [0, 0.05) is 17.8 Å². The van der Waals surface area contributed by atoms with Crippen molar-refractivity contribution in [1.29, 1.82) is 0 Å². The molecule has 0 saturated carbocycles. The summed E-state index contributed by atoms with van der Waals surface area (Å²) in [6.45, 7) is 5.00. The molecule has 0 bridgehead atoms. The lowest BCUT2D eigenvalue weighted by Crippen LogP contribution is -2.30. The smallest absolute Gasteiger partial charge is 0.252 e. The maximum atomic E-state index is 13.2. The first-order chi connectivity index (χ1) is 19.5. The van der Waals surface area contributed by atoms with E-state index in [9.17, 15) is 9.59 Å². The van der Waals surface area contributed by atoms with Gasteiger partial charge in [-0.3, -0.25) is 14.2 Å². The summed E-state index contributed by atoms with van der Waals surface area (Å²) in [6.07, 6.45) is 0.867. The van der Waals surface area contributed by atoms with Crippen molar-refractivity contribution in [1.82, 2.24) is 20.1 Å². The Morgan fingerprint density at radius 1 is 0.875 bits per heavy atom. The normalized spacial score (nSPS) is 12.5. The predicted molar refractivity (Wildman–Crippen MR) is 159 cm³/mol. The molecule has 5 aromatic rings. The maximum absolute atomic E-state index is 13.2. The van der Waals surface area contributed by atoms with Crippen molar-refractivity contribution in [2.45, 2.75) is 32.0 Å². The van der Waals surface area contributed by atoms with Gasteiger partial charge in [0.1, 0.15) is 0 Å². The predicted octanol–water partition coefficient (Wildman–Crippen LogP) is 5.65. The zero-order valence-electron chi connectivity index (χ0n) is 22.4. The molecule has 40 heavy (non-hydrogen) atoms. The van der Waals surface area contributed by atoms with Gasteiger partial charge in [-0.2, -0.15) is 0 Å². The van der Waals surface area contributed by atoms with Crippen LogP contribution in [0.25, 0.3) is 16.5 Å². The highest BCUT2D eigenvalue weighted by Gasteiger charge is 2.25. The number of hydrogen-bond donors (Lipinski definition) is 1. The Kier molecular flexibility index (Phi) is 7.09. The highest BCUT2D eigenvalue weighted by molar-refractivity contribution is 7.99. The zero-order valence-corrected chi connectivity index (χ0v) is 23.2. The monoisotopic (exact) mass is 547 g/mol. The third-order valence-corrected chi connectivity index (χ3v) is 8.39. The van der Waals surface area contributed by atoms with Gasteiger partial charge in [0.25, 0.3) is 5.91 Å². The summed E-state index contributed by atoms with van der Waals surface area (Å²) >= 11 is 1.36. The molecular weight excluding hydrogens is 518 g/mol. The molecule has 0 radical (unpaired) electrons.